The quantitative estimate of drug-likeness (QED) is 0.519. The molecule has 1 aliphatic carbocycles. The van der Waals surface area contributed by atoms with Crippen molar-refractivity contribution in [3.05, 3.63) is 64.2 Å². The molecule has 0 heterocycles. The molecule has 0 amide bonds. The molecular weight excluding hydrogens is 300 g/mol. The molecule has 2 aromatic carbocycles. The summed E-state index contributed by atoms with van der Waals surface area (Å²) in [6.45, 7) is 9.14. The van der Waals surface area contributed by atoms with Crippen LogP contribution in [0, 0.1) is 25.2 Å². The SMILES string of the molecule is C.C#Cc1cccc(-c2c(C)ccc3c2C(C(CC)CC)C(C)=C3)c1. The Labute approximate surface area is 154 Å². The number of hydrogen-bond donors (Lipinski definition) is 0. The Bertz CT molecular complexity index is 826. The van der Waals surface area contributed by atoms with Crippen molar-refractivity contribution in [1.29, 1.82) is 0 Å². The Kier molecular flexibility index (Phi) is 5.91. The fourth-order valence-corrected chi connectivity index (χ4v) is 4.28. The highest BCUT2D eigenvalue weighted by molar-refractivity contribution is 5.81. The molecule has 1 unspecified atom stereocenters. The van der Waals surface area contributed by atoms with Gasteiger partial charge in [-0.25, -0.2) is 0 Å². The van der Waals surface area contributed by atoms with Gasteiger partial charge in [0.25, 0.3) is 0 Å². The zero-order valence-corrected chi connectivity index (χ0v) is 15.2. The first-order valence-electron chi connectivity index (χ1n) is 8.99. The van der Waals surface area contributed by atoms with E-state index in [1.54, 1.807) is 0 Å². The zero-order valence-electron chi connectivity index (χ0n) is 15.2. The molecule has 0 N–H and O–H groups in total. The van der Waals surface area contributed by atoms with Crippen molar-refractivity contribution < 1.29 is 0 Å². The maximum atomic E-state index is 5.63. The lowest BCUT2D eigenvalue weighted by Gasteiger charge is -2.27. The van der Waals surface area contributed by atoms with E-state index in [1.165, 1.54) is 46.2 Å². The van der Waals surface area contributed by atoms with Crippen molar-refractivity contribution in [2.24, 2.45) is 5.92 Å². The monoisotopic (exact) mass is 330 g/mol. The van der Waals surface area contributed by atoms with E-state index in [4.69, 9.17) is 6.42 Å². The molecule has 0 radical (unpaired) electrons. The van der Waals surface area contributed by atoms with Crippen LogP contribution in [0.15, 0.2) is 42.0 Å². The van der Waals surface area contributed by atoms with E-state index in [0.717, 1.165) is 5.56 Å². The van der Waals surface area contributed by atoms with Gasteiger partial charge in [0.15, 0.2) is 0 Å². The minimum atomic E-state index is 0. The van der Waals surface area contributed by atoms with Crippen molar-refractivity contribution in [3.8, 4) is 23.5 Å². The van der Waals surface area contributed by atoms with Crippen molar-refractivity contribution in [1.82, 2.24) is 0 Å². The lowest BCUT2D eigenvalue weighted by atomic mass is 9.77. The van der Waals surface area contributed by atoms with Gasteiger partial charge in [-0.15, -0.1) is 6.42 Å². The first kappa shape index (κ1) is 19.1. The van der Waals surface area contributed by atoms with E-state index < -0.39 is 0 Å². The van der Waals surface area contributed by atoms with E-state index in [2.05, 4.69) is 70.0 Å². The Morgan fingerprint density at radius 1 is 1.08 bits per heavy atom. The van der Waals surface area contributed by atoms with Crippen molar-refractivity contribution in [2.75, 3.05) is 0 Å². The van der Waals surface area contributed by atoms with Crippen molar-refractivity contribution >= 4 is 6.08 Å². The number of fused-ring (bicyclic) bond motifs is 1. The summed E-state index contributed by atoms with van der Waals surface area (Å²) in [5.74, 6) is 4.00. The second kappa shape index (κ2) is 7.75. The third-order valence-electron chi connectivity index (χ3n) is 5.51. The summed E-state index contributed by atoms with van der Waals surface area (Å²) in [4.78, 5) is 0. The van der Waals surface area contributed by atoms with Crippen LogP contribution in [0.2, 0.25) is 0 Å². The van der Waals surface area contributed by atoms with Gasteiger partial charge in [-0.1, -0.05) is 76.0 Å². The fraction of sp³-hybridized carbons (Fsp3) is 0.360. The fourth-order valence-electron chi connectivity index (χ4n) is 4.28. The second-order valence-corrected chi connectivity index (χ2v) is 6.93. The molecule has 0 nitrogen and oxygen atoms in total. The van der Waals surface area contributed by atoms with Crippen molar-refractivity contribution in [2.45, 2.75) is 53.9 Å². The lowest BCUT2D eigenvalue weighted by Crippen LogP contribution is -2.12. The van der Waals surface area contributed by atoms with Crippen LogP contribution in [0.3, 0.4) is 0 Å². The molecule has 0 fully saturated rings. The van der Waals surface area contributed by atoms with Crippen LogP contribution >= 0.6 is 0 Å². The third kappa shape index (κ3) is 3.29. The van der Waals surface area contributed by atoms with Gasteiger partial charge < -0.3 is 0 Å². The smallest absolute Gasteiger partial charge is 0.0248 e. The molecule has 25 heavy (non-hydrogen) atoms. The minimum Gasteiger partial charge on any atom is -0.115 e. The van der Waals surface area contributed by atoms with Gasteiger partial charge >= 0.3 is 0 Å². The summed E-state index contributed by atoms with van der Waals surface area (Å²) in [6.07, 6.45) is 10.4. The molecule has 0 saturated heterocycles. The van der Waals surface area contributed by atoms with Crippen LogP contribution in [0.25, 0.3) is 17.2 Å². The molecule has 3 rings (SSSR count). The number of rotatable bonds is 4. The largest absolute Gasteiger partial charge is 0.115 e. The Morgan fingerprint density at radius 2 is 1.80 bits per heavy atom. The average molecular weight is 331 g/mol. The normalized spacial score (nSPS) is 15.4. The molecule has 0 aromatic heterocycles. The average Bonchev–Trinajstić information content (AvgIpc) is 2.92. The van der Waals surface area contributed by atoms with E-state index in [0.29, 0.717) is 11.8 Å². The number of terminal acetylenes is 1. The number of allylic oxidation sites excluding steroid dienone is 1. The zero-order chi connectivity index (χ0) is 17.3. The molecule has 1 atom stereocenters. The van der Waals surface area contributed by atoms with Gasteiger partial charge in [0.05, 0.1) is 0 Å². The van der Waals surface area contributed by atoms with E-state index in [9.17, 15) is 0 Å². The summed E-state index contributed by atoms with van der Waals surface area (Å²) < 4.78 is 0. The van der Waals surface area contributed by atoms with Gasteiger partial charge in [0.2, 0.25) is 0 Å². The molecule has 2 aromatic rings. The highest BCUT2D eigenvalue weighted by Crippen LogP contribution is 2.48. The number of hydrogen-bond acceptors (Lipinski definition) is 0. The summed E-state index contributed by atoms with van der Waals surface area (Å²) in [5.41, 5.74) is 9.31. The summed E-state index contributed by atoms with van der Waals surface area (Å²) in [6, 6.07) is 13.0. The van der Waals surface area contributed by atoms with E-state index >= 15 is 0 Å². The van der Waals surface area contributed by atoms with Crippen LogP contribution in [0.1, 0.15) is 69.2 Å². The van der Waals surface area contributed by atoms with E-state index in [1.807, 2.05) is 6.07 Å². The molecule has 0 spiro atoms. The topological polar surface area (TPSA) is 0 Å². The lowest BCUT2D eigenvalue weighted by molar-refractivity contribution is 0.438. The summed E-state index contributed by atoms with van der Waals surface area (Å²) >= 11 is 0. The van der Waals surface area contributed by atoms with Crippen LogP contribution in [-0.4, -0.2) is 0 Å². The molecule has 0 bridgehead atoms. The molecule has 0 heteroatoms. The highest BCUT2D eigenvalue weighted by atomic mass is 14.3. The summed E-state index contributed by atoms with van der Waals surface area (Å²) in [5, 5.41) is 0. The molecule has 1 aliphatic rings. The van der Waals surface area contributed by atoms with Gasteiger partial charge in [-0.3, -0.25) is 0 Å². The standard InChI is InChI=1S/C24H26.CH4/c1-6-18-10-9-11-20(15-18)22-16(4)12-13-21-14-17(5)23(24(21)22)19(7-2)8-3;/h1,9-15,19,23H,7-8H2,2-5H3;1H4. The van der Waals surface area contributed by atoms with Crippen LogP contribution in [-0.2, 0) is 0 Å². The molecule has 0 aliphatic heterocycles. The van der Waals surface area contributed by atoms with E-state index in [-0.39, 0.29) is 7.43 Å². The maximum Gasteiger partial charge on any atom is 0.0248 e. The predicted molar refractivity (Wildman–Crippen MR) is 112 cm³/mol. The van der Waals surface area contributed by atoms with Gasteiger partial charge in [-0.05, 0) is 59.7 Å². The van der Waals surface area contributed by atoms with Gasteiger partial charge in [0, 0.05) is 11.5 Å². The van der Waals surface area contributed by atoms with Crippen LogP contribution in [0.4, 0.5) is 0 Å². The molecule has 0 saturated carbocycles. The summed E-state index contributed by atoms with van der Waals surface area (Å²) in [7, 11) is 0. The third-order valence-corrected chi connectivity index (χ3v) is 5.51. The first-order chi connectivity index (χ1) is 11.6. The van der Waals surface area contributed by atoms with Gasteiger partial charge in [-0.2, -0.15) is 0 Å². The molecular formula is C25H30. The number of benzene rings is 2. The van der Waals surface area contributed by atoms with Crippen molar-refractivity contribution in [3.63, 3.8) is 0 Å². The predicted octanol–water partition coefficient (Wildman–Crippen LogP) is 7.22. The Hall–Kier alpha value is -2.26. The first-order valence-corrected chi connectivity index (χ1v) is 8.99. The second-order valence-electron chi connectivity index (χ2n) is 6.93. The van der Waals surface area contributed by atoms with Crippen LogP contribution < -0.4 is 0 Å². The Balaban J connectivity index is 0.00000225. The van der Waals surface area contributed by atoms with Crippen LogP contribution in [0.5, 0.6) is 0 Å². The van der Waals surface area contributed by atoms with Gasteiger partial charge in [0.1, 0.15) is 0 Å². The highest BCUT2D eigenvalue weighted by Gasteiger charge is 2.31. The minimum absolute atomic E-state index is 0. The Morgan fingerprint density at radius 3 is 2.44 bits per heavy atom. The molecule has 130 valence electrons. The number of aryl methyl sites for hydroxylation is 1. The maximum absolute atomic E-state index is 5.63.